The van der Waals surface area contributed by atoms with Gasteiger partial charge in [-0.1, -0.05) is 0 Å². The highest BCUT2D eigenvalue weighted by Crippen LogP contribution is 2.25. The smallest absolute Gasteiger partial charge is 0.329 e. The molecule has 5 rings (SSSR count). The lowest BCUT2D eigenvalue weighted by Crippen LogP contribution is -2.07. The Balaban J connectivity index is 0.000000223. The maximum absolute atomic E-state index is 11.1. The molecule has 21 heteroatoms. The van der Waals surface area contributed by atoms with Crippen LogP contribution < -0.4 is 16.4 Å². The predicted octanol–water partition coefficient (Wildman–Crippen LogP) is 3.55. The zero-order valence-corrected chi connectivity index (χ0v) is 26.8. The lowest BCUT2D eigenvalue weighted by Gasteiger charge is -2.05. The summed E-state index contributed by atoms with van der Waals surface area (Å²) in [5.74, 6) is -0.292. The number of carbonyl (C=O) groups excluding carboxylic acids is 2. The fraction of sp³-hybridized carbons (Fsp3) is 0.385. The van der Waals surface area contributed by atoms with Gasteiger partial charge in [-0.15, -0.1) is 0 Å². The molecule has 1 fully saturated rings. The largest absolute Gasteiger partial charge is 0.469 e. The van der Waals surface area contributed by atoms with Gasteiger partial charge >= 0.3 is 17.6 Å². The second kappa shape index (κ2) is 18.7. The number of anilines is 5. The molecular formula is C26H32Cl2N12O7. The van der Waals surface area contributed by atoms with E-state index in [2.05, 4.69) is 50.2 Å². The van der Waals surface area contributed by atoms with Gasteiger partial charge in [-0.2, -0.15) is 20.2 Å². The number of esters is 2. The molecule has 1 aliphatic rings. The highest BCUT2D eigenvalue weighted by molar-refractivity contribution is 6.28. The Hall–Kier alpha value is -5.14. The fourth-order valence-electron chi connectivity index (χ4n) is 3.55. The minimum absolute atomic E-state index is 0.0440. The van der Waals surface area contributed by atoms with E-state index in [-0.39, 0.29) is 46.9 Å². The lowest BCUT2D eigenvalue weighted by molar-refractivity contribution is -0.384. The highest BCUT2D eigenvalue weighted by atomic mass is 35.5. The monoisotopic (exact) mass is 694 g/mol. The van der Waals surface area contributed by atoms with Crippen molar-refractivity contribution < 1.29 is 28.7 Å². The molecule has 0 aliphatic carbocycles. The number of aromatic nitrogens is 8. The van der Waals surface area contributed by atoms with Crippen molar-refractivity contribution in [1.29, 1.82) is 0 Å². The van der Waals surface area contributed by atoms with E-state index in [1.54, 1.807) is 23.3 Å². The average Bonchev–Trinajstić information content (AvgIpc) is 3.86. The Bertz CT molecular complexity index is 1620. The molecule has 0 aromatic carbocycles. The van der Waals surface area contributed by atoms with Crippen molar-refractivity contribution in [3.8, 4) is 0 Å². The number of nitrogens with one attached hydrogen (secondary N) is 2. The Morgan fingerprint density at radius 1 is 0.894 bits per heavy atom. The molecule has 4 aromatic rings. The summed E-state index contributed by atoms with van der Waals surface area (Å²) >= 11 is 11.3. The number of nitrogens with zero attached hydrogens (tertiary/aromatic N) is 9. The van der Waals surface area contributed by atoms with Gasteiger partial charge < -0.3 is 30.6 Å². The molecule has 47 heavy (non-hydrogen) atoms. The first-order valence-electron chi connectivity index (χ1n) is 13.8. The molecule has 0 saturated carbocycles. The number of carbonyl (C=O) groups is 2. The van der Waals surface area contributed by atoms with E-state index in [0.717, 1.165) is 19.4 Å². The fourth-order valence-corrected chi connectivity index (χ4v) is 3.82. The number of nitro groups is 1. The molecule has 0 amide bonds. The van der Waals surface area contributed by atoms with Gasteiger partial charge in [-0.3, -0.25) is 29.1 Å². The third-order valence-corrected chi connectivity index (χ3v) is 6.25. The maximum Gasteiger partial charge on any atom is 0.329 e. The number of halogens is 2. The van der Waals surface area contributed by atoms with E-state index < -0.39 is 4.92 Å². The number of hydrogen-bond acceptors (Lipinski definition) is 16. The standard InChI is InChI=1S/C11H11ClN6O4.C11H13ClN6O2.C4H8O/c1-22-9(19)2-3-17-6-7(4-14-17)15-10-8(18(20)21)5-13-11(12)16-10;1-20-9(19)2-3-18-6-7(4-15-18)16-10-8(13)5-14-11(12)17-10;1-2-4-5-3-1/h4-6H,2-3H2,1H3,(H,13,15,16);4-6H,2-3,13H2,1H3,(H,14,16,17);1-4H2. The number of aryl methyl sites for hydroxylation is 2. The first-order valence-corrected chi connectivity index (χ1v) is 14.6. The van der Waals surface area contributed by atoms with Gasteiger partial charge in [-0.25, -0.2) is 9.97 Å². The van der Waals surface area contributed by atoms with E-state index in [4.69, 9.17) is 33.7 Å². The molecule has 19 nitrogen and oxygen atoms in total. The van der Waals surface area contributed by atoms with Gasteiger partial charge in [0.25, 0.3) is 0 Å². The highest BCUT2D eigenvalue weighted by Gasteiger charge is 2.17. The molecule has 4 N–H and O–H groups in total. The molecule has 4 aromatic heterocycles. The lowest BCUT2D eigenvalue weighted by atomic mass is 10.4. The van der Waals surface area contributed by atoms with Crippen LogP contribution in [0.1, 0.15) is 25.7 Å². The topological polar surface area (TPSA) is 242 Å². The second-order valence-electron chi connectivity index (χ2n) is 9.28. The molecule has 0 unspecified atom stereocenters. The van der Waals surface area contributed by atoms with Crippen LogP contribution in [0.15, 0.2) is 37.2 Å². The van der Waals surface area contributed by atoms with Crippen LogP contribution >= 0.6 is 23.2 Å². The molecular weight excluding hydrogens is 663 g/mol. The number of rotatable bonds is 11. The molecule has 0 atom stereocenters. The van der Waals surface area contributed by atoms with Gasteiger partial charge in [0.15, 0.2) is 5.82 Å². The first kappa shape index (κ1) is 36.3. The predicted molar refractivity (Wildman–Crippen MR) is 169 cm³/mol. The molecule has 1 saturated heterocycles. The Kier molecular flexibility index (Phi) is 14.5. The van der Waals surface area contributed by atoms with Crippen LogP contribution in [0.5, 0.6) is 0 Å². The van der Waals surface area contributed by atoms with Crippen LogP contribution in [0.2, 0.25) is 10.6 Å². The summed E-state index contributed by atoms with van der Waals surface area (Å²) in [6.45, 7) is 2.75. The van der Waals surface area contributed by atoms with Crippen molar-refractivity contribution in [2.24, 2.45) is 0 Å². The third-order valence-electron chi connectivity index (χ3n) is 5.89. The van der Waals surface area contributed by atoms with Crippen molar-refractivity contribution in [3.05, 3.63) is 57.9 Å². The molecule has 0 radical (unpaired) electrons. The van der Waals surface area contributed by atoms with E-state index in [1.165, 1.54) is 44.1 Å². The van der Waals surface area contributed by atoms with Crippen molar-refractivity contribution >= 4 is 69.5 Å². The SMILES string of the molecule is C1CCOC1.COC(=O)CCn1cc(Nc2nc(Cl)ncc2N)cn1.COC(=O)CCn1cc(Nc2nc(Cl)ncc2[N+](=O)[O-])cn1. The summed E-state index contributed by atoms with van der Waals surface area (Å²) in [7, 11) is 2.65. The minimum atomic E-state index is -0.625. The van der Waals surface area contributed by atoms with Gasteiger partial charge in [-0.05, 0) is 36.0 Å². The van der Waals surface area contributed by atoms with Gasteiger partial charge in [0.1, 0.15) is 6.20 Å². The van der Waals surface area contributed by atoms with Crippen molar-refractivity contribution in [1.82, 2.24) is 39.5 Å². The summed E-state index contributed by atoms with van der Waals surface area (Å²) in [4.78, 5) is 47.5. The van der Waals surface area contributed by atoms with Crippen LogP contribution in [0.3, 0.4) is 0 Å². The molecule has 0 bridgehead atoms. The maximum atomic E-state index is 11.1. The number of hydrogen-bond donors (Lipinski definition) is 3. The zero-order valence-electron chi connectivity index (χ0n) is 25.3. The van der Waals surface area contributed by atoms with E-state index in [9.17, 15) is 19.7 Å². The normalized spacial score (nSPS) is 11.7. The molecule has 0 spiro atoms. The van der Waals surface area contributed by atoms with E-state index in [0.29, 0.717) is 36.0 Å². The van der Waals surface area contributed by atoms with Crippen LogP contribution in [0.4, 0.5) is 34.4 Å². The van der Waals surface area contributed by atoms with Gasteiger partial charge in [0.2, 0.25) is 16.4 Å². The van der Waals surface area contributed by atoms with Crippen molar-refractivity contribution in [2.75, 3.05) is 43.8 Å². The molecule has 5 heterocycles. The van der Waals surface area contributed by atoms with Crippen LogP contribution in [-0.4, -0.2) is 83.8 Å². The summed E-state index contributed by atoms with van der Waals surface area (Å²) in [6.07, 6.45) is 11.7. The quantitative estimate of drug-likeness (QED) is 0.0879. The summed E-state index contributed by atoms with van der Waals surface area (Å²) in [6, 6.07) is 0. The number of ether oxygens (including phenoxy) is 3. The van der Waals surface area contributed by atoms with Crippen molar-refractivity contribution in [2.45, 2.75) is 38.8 Å². The van der Waals surface area contributed by atoms with Crippen LogP contribution in [-0.2, 0) is 36.9 Å². The minimum Gasteiger partial charge on any atom is -0.469 e. The van der Waals surface area contributed by atoms with E-state index >= 15 is 0 Å². The van der Waals surface area contributed by atoms with Crippen LogP contribution in [0.25, 0.3) is 0 Å². The summed E-state index contributed by atoms with van der Waals surface area (Å²) in [5, 5.41) is 24.7. The average molecular weight is 696 g/mol. The first-order chi connectivity index (χ1) is 22.6. The Morgan fingerprint density at radius 3 is 1.85 bits per heavy atom. The number of nitrogens with two attached hydrogens (primary N) is 1. The van der Waals surface area contributed by atoms with Crippen LogP contribution in [0, 0.1) is 10.1 Å². The Morgan fingerprint density at radius 2 is 1.38 bits per heavy atom. The zero-order chi connectivity index (χ0) is 34.2. The summed E-state index contributed by atoms with van der Waals surface area (Å²) < 4.78 is 17.1. The van der Waals surface area contributed by atoms with Gasteiger partial charge in [0.05, 0.1) is 80.7 Å². The molecule has 1 aliphatic heterocycles. The number of methoxy groups -OCH3 is 2. The second-order valence-corrected chi connectivity index (χ2v) is 9.96. The third kappa shape index (κ3) is 12.6. The van der Waals surface area contributed by atoms with Gasteiger partial charge in [0, 0.05) is 25.6 Å². The molecule has 252 valence electrons. The van der Waals surface area contributed by atoms with Crippen molar-refractivity contribution in [3.63, 3.8) is 0 Å². The summed E-state index contributed by atoms with van der Waals surface area (Å²) in [5.41, 5.74) is 6.92. The number of nitrogen functional groups attached to an aromatic ring is 1. The van der Waals surface area contributed by atoms with E-state index in [1.807, 2.05) is 0 Å². The Labute approximate surface area is 277 Å².